The second-order valence-electron chi connectivity index (χ2n) is 4.49. The van der Waals surface area contributed by atoms with Gasteiger partial charge in [-0.05, 0) is 32.7 Å². The van der Waals surface area contributed by atoms with E-state index >= 15 is 0 Å². The summed E-state index contributed by atoms with van der Waals surface area (Å²) >= 11 is 0. The molecule has 0 aliphatic carbocycles. The molecule has 0 bridgehead atoms. The third-order valence-electron chi connectivity index (χ3n) is 1.53. The van der Waals surface area contributed by atoms with Crippen LogP contribution in [0, 0.1) is 0 Å². The molecule has 7 nitrogen and oxygen atoms in total. The first kappa shape index (κ1) is 15.7. The maximum atomic E-state index is 11.5. The van der Waals surface area contributed by atoms with Gasteiger partial charge in [0.15, 0.2) is 9.84 Å². The molecule has 0 fully saturated rings. The number of sulfone groups is 1. The van der Waals surface area contributed by atoms with Crippen molar-refractivity contribution in [2.45, 2.75) is 32.8 Å². The summed E-state index contributed by atoms with van der Waals surface area (Å²) in [5.74, 6) is -1.59. The van der Waals surface area contributed by atoms with E-state index in [1.54, 1.807) is 20.8 Å². The highest BCUT2D eigenvalue weighted by molar-refractivity contribution is 7.92. The molecule has 0 heterocycles. The average Bonchev–Trinajstić information content (AvgIpc) is 2.08. The Balaban J connectivity index is 4.17. The first-order valence-corrected chi connectivity index (χ1v) is 6.91. The number of rotatable bonds is 6. The predicted molar refractivity (Wildman–Crippen MR) is 63.1 cm³/mol. The van der Waals surface area contributed by atoms with Gasteiger partial charge in [-0.3, -0.25) is 4.79 Å². The molecule has 0 unspecified atom stereocenters. The van der Waals surface area contributed by atoms with Crippen LogP contribution >= 0.6 is 0 Å². The van der Waals surface area contributed by atoms with Crippen LogP contribution < -0.4 is 0 Å². The predicted octanol–water partition coefficient (Wildman–Crippen LogP) is 1.44. The van der Waals surface area contributed by atoms with Crippen molar-refractivity contribution >= 4 is 15.8 Å². The lowest BCUT2D eigenvalue weighted by Crippen LogP contribution is -2.29. The number of nitrogens with zero attached hydrogens (tertiary/aromatic N) is 3. The summed E-state index contributed by atoms with van der Waals surface area (Å²) in [6, 6.07) is 0. The SMILES string of the molecule is CC(C)(C)OC(=O)CS(=O)(=O)CCCN=[N+]=[N-]. The Morgan fingerprint density at radius 1 is 1.41 bits per heavy atom. The molecule has 0 radical (unpaired) electrons. The minimum absolute atomic E-state index is 0.101. The number of ether oxygens (including phenoxy) is 1. The number of azide groups is 1. The fraction of sp³-hybridized carbons (Fsp3) is 0.889. The molecule has 98 valence electrons. The summed E-state index contributed by atoms with van der Waals surface area (Å²) in [6.45, 7) is 5.10. The third-order valence-corrected chi connectivity index (χ3v) is 3.12. The van der Waals surface area contributed by atoms with Crippen molar-refractivity contribution in [2.24, 2.45) is 5.11 Å². The van der Waals surface area contributed by atoms with Crippen LogP contribution in [0.3, 0.4) is 0 Å². The van der Waals surface area contributed by atoms with Gasteiger partial charge in [-0.1, -0.05) is 5.11 Å². The summed E-state index contributed by atoms with van der Waals surface area (Å²) in [4.78, 5) is 13.8. The normalized spacial score (nSPS) is 11.7. The Labute approximate surface area is 101 Å². The maximum Gasteiger partial charge on any atom is 0.321 e. The molecule has 0 N–H and O–H groups in total. The molecule has 0 aromatic carbocycles. The number of esters is 1. The minimum Gasteiger partial charge on any atom is -0.459 e. The summed E-state index contributed by atoms with van der Waals surface area (Å²) in [6.07, 6.45) is 0.204. The summed E-state index contributed by atoms with van der Waals surface area (Å²) < 4.78 is 27.8. The Hall–Kier alpha value is -1.27. The number of carbonyl (C=O) groups is 1. The van der Waals surface area contributed by atoms with E-state index < -0.39 is 27.2 Å². The van der Waals surface area contributed by atoms with Crippen molar-refractivity contribution in [2.75, 3.05) is 18.1 Å². The van der Waals surface area contributed by atoms with Gasteiger partial charge in [-0.25, -0.2) is 8.42 Å². The molecule has 17 heavy (non-hydrogen) atoms. The topological polar surface area (TPSA) is 109 Å². The van der Waals surface area contributed by atoms with Gasteiger partial charge in [0.25, 0.3) is 0 Å². The summed E-state index contributed by atoms with van der Waals surface area (Å²) in [5, 5.41) is 3.21. The molecule has 0 saturated carbocycles. The van der Waals surface area contributed by atoms with Gasteiger partial charge >= 0.3 is 5.97 Å². The van der Waals surface area contributed by atoms with Gasteiger partial charge < -0.3 is 4.74 Å². The summed E-state index contributed by atoms with van der Waals surface area (Å²) in [7, 11) is -3.49. The van der Waals surface area contributed by atoms with Gasteiger partial charge in [0.2, 0.25) is 0 Å². The molecule has 0 aliphatic heterocycles. The van der Waals surface area contributed by atoms with E-state index in [0.29, 0.717) is 0 Å². The lowest BCUT2D eigenvalue weighted by molar-refractivity contribution is -0.151. The van der Waals surface area contributed by atoms with Crippen LogP contribution in [0.25, 0.3) is 10.4 Å². The van der Waals surface area contributed by atoms with Crippen molar-refractivity contribution in [3.8, 4) is 0 Å². The first-order chi connectivity index (χ1) is 7.66. The van der Waals surface area contributed by atoms with Gasteiger partial charge in [-0.15, -0.1) is 0 Å². The number of hydrogen-bond acceptors (Lipinski definition) is 5. The zero-order valence-electron chi connectivity index (χ0n) is 10.2. The lowest BCUT2D eigenvalue weighted by atomic mass is 10.2. The van der Waals surface area contributed by atoms with E-state index in [0.717, 1.165) is 0 Å². The van der Waals surface area contributed by atoms with Crippen molar-refractivity contribution in [3.05, 3.63) is 10.4 Å². The second kappa shape index (κ2) is 6.46. The van der Waals surface area contributed by atoms with Gasteiger partial charge in [-0.2, -0.15) is 0 Å². The molecule has 0 saturated heterocycles. The molecular formula is C9H17N3O4S. The Bertz CT molecular complexity index is 404. The Morgan fingerprint density at radius 2 is 2.00 bits per heavy atom. The smallest absolute Gasteiger partial charge is 0.321 e. The van der Waals surface area contributed by atoms with Crippen LogP contribution in [0.4, 0.5) is 0 Å². The molecule has 0 atom stereocenters. The fourth-order valence-corrected chi connectivity index (χ4v) is 2.15. The van der Waals surface area contributed by atoms with Crippen molar-refractivity contribution in [1.82, 2.24) is 0 Å². The minimum atomic E-state index is -3.49. The molecule has 8 heteroatoms. The molecular weight excluding hydrogens is 246 g/mol. The zero-order valence-corrected chi connectivity index (χ0v) is 11.0. The molecule has 0 spiro atoms. The first-order valence-electron chi connectivity index (χ1n) is 5.09. The van der Waals surface area contributed by atoms with Crippen LogP contribution in [0.5, 0.6) is 0 Å². The van der Waals surface area contributed by atoms with E-state index in [4.69, 9.17) is 10.3 Å². The number of carbonyl (C=O) groups excluding carboxylic acids is 1. The maximum absolute atomic E-state index is 11.5. The van der Waals surface area contributed by atoms with Crippen LogP contribution in [-0.4, -0.2) is 38.0 Å². The monoisotopic (exact) mass is 263 g/mol. The fourth-order valence-electron chi connectivity index (χ4n) is 1.02. The highest BCUT2D eigenvalue weighted by atomic mass is 32.2. The van der Waals surface area contributed by atoms with E-state index in [9.17, 15) is 13.2 Å². The van der Waals surface area contributed by atoms with Crippen LogP contribution in [-0.2, 0) is 19.4 Å². The number of hydrogen-bond donors (Lipinski definition) is 0. The Kier molecular flexibility index (Phi) is 5.98. The van der Waals surface area contributed by atoms with Crippen molar-refractivity contribution in [3.63, 3.8) is 0 Å². The molecule has 0 aromatic rings. The van der Waals surface area contributed by atoms with E-state index in [2.05, 4.69) is 10.0 Å². The van der Waals surface area contributed by atoms with Crippen molar-refractivity contribution < 1.29 is 17.9 Å². The van der Waals surface area contributed by atoms with Gasteiger partial charge in [0.1, 0.15) is 11.4 Å². The molecule has 0 aromatic heterocycles. The van der Waals surface area contributed by atoms with Gasteiger partial charge in [0, 0.05) is 11.5 Å². The standard InChI is InChI=1S/C9H17N3O4S/c1-9(2,3)16-8(13)7-17(14,15)6-4-5-11-12-10/h4-7H2,1-3H3. The van der Waals surface area contributed by atoms with E-state index in [1.807, 2.05) is 0 Å². The highest BCUT2D eigenvalue weighted by Crippen LogP contribution is 2.08. The van der Waals surface area contributed by atoms with E-state index in [1.165, 1.54) is 0 Å². The lowest BCUT2D eigenvalue weighted by Gasteiger charge is -2.19. The highest BCUT2D eigenvalue weighted by Gasteiger charge is 2.22. The van der Waals surface area contributed by atoms with Crippen LogP contribution in [0.2, 0.25) is 0 Å². The van der Waals surface area contributed by atoms with Gasteiger partial charge in [0.05, 0.1) is 5.75 Å². The third kappa shape index (κ3) is 9.65. The Morgan fingerprint density at radius 3 is 2.47 bits per heavy atom. The van der Waals surface area contributed by atoms with E-state index in [-0.39, 0.29) is 18.7 Å². The average molecular weight is 263 g/mol. The van der Waals surface area contributed by atoms with Crippen LogP contribution in [0.15, 0.2) is 5.11 Å². The van der Waals surface area contributed by atoms with Crippen molar-refractivity contribution in [1.29, 1.82) is 0 Å². The molecule has 0 amide bonds. The quantitative estimate of drug-likeness (QED) is 0.237. The summed E-state index contributed by atoms with van der Waals surface area (Å²) in [5.41, 5.74) is 7.31. The second-order valence-corrected chi connectivity index (χ2v) is 6.67. The molecule has 0 aliphatic rings. The van der Waals surface area contributed by atoms with Crippen LogP contribution in [0.1, 0.15) is 27.2 Å². The largest absolute Gasteiger partial charge is 0.459 e. The molecule has 0 rings (SSSR count). The zero-order chi connectivity index (χ0) is 13.5.